The molecule has 76 valence electrons. The summed E-state index contributed by atoms with van der Waals surface area (Å²) in [5, 5.41) is 8.54. The first-order valence-corrected chi connectivity index (χ1v) is 3.95. The molecule has 0 aliphatic rings. The first-order valence-electron chi connectivity index (χ1n) is 3.95. The molecule has 0 saturated heterocycles. The summed E-state index contributed by atoms with van der Waals surface area (Å²) < 4.78 is 12.1. The molecule has 1 aromatic carbocycles. The number of benzene rings is 1. The Morgan fingerprint density at radius 1 is 1.36 bits per heavy atom. The molecule has 0 unspecified atom stereocenters. The molecule has 14 heavy (non-hydrogen) atoms. The van der Waals surface area contributed by atoms with Gasteiger partial charge >= 0.3 is 23.1 Å². The Labute approximate surface area is 107 Å². The van der Waals surface area contributed by atoms with Crippen molar-refractivity contribution in [2.75, 3.05) is 0 Å². The summed E-state index contributed by atoms with van der Waals surface area (Å²) in [5.74, 6) is -0.875. The average molecular weight is 230 g/mol. The van der Waals surface area contributed by atoms with Crippen LogP contribution in [0.5, 0.6) is 5.75 Å². The summed E-state index contributed by atoms with van der Waals surface area (Å²) in [7, 11) is 0. The second-order valence-electron chi connectivity index (χ2n) is 2.30. The maximum atomic E-state index is 12.1. The molecule has 0 atom stereocenters. The van der Waals surface area contributed by atoms with Crippen LogP contribution in [0.4, 0.5) is 4.39 Å². The molecule has 4 heteroatoms. The zero-order valence-corrected chi connectivity index (χ0v) is 10.6. The van der Waals surface area contributed by atoms with Crippen molar-refractivity contribution in [1.82, 2.24) is 0 Å². The van der Waals surface area contributed by atoms with Crippen LogP contribution in [0.3, 0.4) is 0 Å². The van der Waals surface area contributed by atoms with Crippen molar-refractivity contribution in [2.24, 2.45) is 0 Å². The minimum Gasteiger partial charge on any atom is -0.505 e. The largest absolute Gasteiger partial charge is 2.00 e. The van der Waals surface area contributed by atoms with E-state index in [0.29, 0.717) is 0 Å². The van der Waals surface area contributed by atoms with Gasteiger partial charge in [-0.15, -0.1) is 12.4 Å². The van der Waals surface area contributed by atoms with Crippen LogP contribution in [0.25, 0.3) is 0 Å². The second-order valence-corrected chi connectivity index (χ2v) is 2.30. The van der Waals surface area contributed by atoms with E-state index in [1.54, 1.807) is 6.07 Å². The molecule has 1 nitrogen and oxygen atoms in total. The first-order chi connectivity index (χ1) is 5.72. The van der Waals surface area contributed by atoms with E-state index in [-0.39, 0.29) is 41.2 Å². The van der Waals surface area contributed by atoms with E-state index >= 15 is 0 Å². The summed E-state index contributed by atoms with van der Waals surface area (Å²) in [4.78, 5) is 0. The van der Waals surface area contributed by atoms with E-state index in [0.717, 1.165) is 6.42 Å². The molecule has 0 radical (unpaired) electrons. The molecule has 0 spiro atoms. The van der Waals surface area contributed by atoms with Crippen LogP contribution in [0.1, 0.15) is 19.8 Å². The van der Waals surface area contributed by atoms with Crippen molar-refractivity contribution in [3.63, 3.8) is 0 Å². The van der Waals surface area contributed by atoms with Crippen LogP contribution in [0.15, 0.2) is 24.3 Å². The molecule has 0 heterocycles. The summed E-state index contributed by atoms with van der Waals surface area (Å²) in [6.07, 6.45) is 2.28. The number of phenolic OH excluding ortho intramolecular Hbond substituents is 1. The monoisotopic (exact) mass is 229 g/mol. The molecule has 1 rings (SSSR count). The molecule has 0 amide bonds. The van der Waals surface area contributed by atoms with Gasteiger partial charge in [-0.2, -0.15) is 6.42 Å². The van der Waals surface area contributed by atoms with Crippen molar-refractivity contribution < 1.29 is 9.50 Å². The normalized spacial score (nSPS) is 7.36. The van der Waals surface area contributed by atoms with Gasteiger partial charge in [-0.1, -0.05) is 25.5 Å². The van der Waals surface area contributed by atoms with E-state index in [1.165, 1.54) is 24.6 Å². The predicted octanol–water partition coefficient (Wildman–Crippen LogP) is 3.19. The Balaban J connectivity index is -0.000000180. The Bertz CT molecular complexity index is 198. The van der Waals surface area contributed by atoms with Gasteiger partial charge < -0.3 is 12.0 Å². The van der Waals surface area contributed by atoms with Gasteiger partial charge in [-0.3, -0.25) is 0 Å². The summed E-state index contributed by atoms with van der Waals surface area (Å²) >= 11 is 0. The molecule has 0 fully saturated rings. The van der Waals surface area contributed by atoms with Crippen molar-refractivity contribution in [1.29, 1.82) is 0 Å². The quantitative estimate of drug-likeness (QED) is 0.580. The fourth-order valence-electron chi connectivity index (χ4n) is 0.452. The number of phenols is 1. The van der Waals surface area contributed by atoms with E-state index < -0.39 is 5.82 Å². The number of para-hydroxylation sites is 1. The van der Waals surface area contributed by atoms with Crippen LogP contribution in [-0.2, 0) is 0 Å². The fraction of sp³-hybridized carbons (Fsp3) is 0.300. The third kappa shape index (κ3) is 10.1. The van der Waals surface area contributed by atoms with Gasteiger partial charge in [0.25, 0.3) is 0 Å². The molecule has 0 aliphatic heterocycles. The van der Waals surface area contributed by atoms with Gasteiger partial charge in [0.05, 0.1) is 0 Å². The van der Waals surface area contributed by atoms with Gasteiger partial charge in [-0.05, 0) is 12.1 Å². The number of halogens is 2. The number of aromatic hydroxyl groups is 1. The Hall–Kier alpha value is 0.00623. The third-order valence-corrected chi connectivity index (χ3v) is 1.21. The Morgan fingerprint density at radius 3 is 2.00 bits per heavy atom. The first kappa shape index (κ1) is 19.6. The maximum absolute atomic E-state index is 12.1. The van der Waals surface area contributed by atoms with E-state index in [4.69, 9.17) is 5.11 Å². The molecule has 0 aliphatic carbocycles. The van der Waals surface area contributed by atoms with Gasteiger partial charge in [0.1, 0.15) is 0 Å². The number of rotatable bonds is 1. The maximum Gasteiger partial charge on any atom is 2.00 e. The van der Waals surface area contributed by atoms with E-state index in [1.807, 2.05) is 0 Å². The van der Waals surface area contributed by atoms with Crippen molar-refractivity contribution in [3.05, 3.63) is 37.0 Å². The summed E-state index contributed by atoms with van der Waals surface area (Å²) in [6.45, 7) is 5.72. The Morgan fingerprint density at radius 2 is 1.79 bits per heavy atom. The van der Waals surface area contributed by atoms with Crippen molar-refractivity contribution >= 4 is 35.5 Å². The molecular weight excluding hydrogens is 215 g/mol. The SMILES string of the molecule is Cl.Oc1ccccc1F.[CH2-]CCC.[Mg+2]. The smallest absolute Gasteiger partial charge is 0.505 e. The molecule has 0 saturated carbocycles. The number of hydrogen-bond donors (Lipinski definition) is 1. The zero-order valence-electron chi connectivity index (χ0n) is 8.37. The zero-order chi connectivity index (χ0) is 9.40. The van der Waals surface area contributed by atoms with Gasteiger partial charge in [-0.25, -0.2) is 4.39 Å². The van der Waals surface area contributed by atoms with Crippen molar-refractivity contribution in [2.45, 2.75) is 19.8 Å². The van der Waals surface area contributed by atoms with Crippen LogP contribution < -0.4 is 0 Å². The molecule has 1 N–H and O–H groups in total. The predicted molar refractivity (Wildman–Crippen MR) is 61.3 cm³/mol. The van der Waals surface area contributed by atoms with Gasteiger partial charge in [0, 0.05) is 0 Å². The second kappa shape index (κ2) is 13.0. The minimum absolute atomic E-state index is 0. The van der Waals surface area contributed by atoms with E-state index in [9.17, 15) is 4.39 Å². The van der Waals surface area contributed by atoms with Crippen molar-refractivity contribution in [3.8, 4) is 5.75 Å². The van der Waals surface area contributed by atoms with Gasteiger partial charge in [0.15, 0.2) is 11.6 Å². The van der Waals surface area contributed by atoms with Crippen LogP contribution in [0, 0.1) is 12.7 Å². The summed E-state index contributed by atoms with van der Waals surface area (Å²) in [6, 6.07) is 5.60. The standard InChI is InChI=1S/C6H5FO.C4H9.ClH.Mg/c7-5-3-1-2-4-6(5)8;1-3-4-2;;/h1-4,8H;1,3-4H2,2H3;1H;/q;-1;;+2. The molecule has 1 aromatic rings. The van der Waals surface area contributed by atoms with Crippen LogP contribution >= 0.6 is 12.4 Å². The number of hydrogen-bond acceptors (Lipinski definition) is 1. The molecule has 0 bridgehead atoms. The third-order valence-electron chi connectivity index (χ3n) is 1.21. The molecule has 0 aromatic heterocycles. The van der Waals surface area contributed by atoms with Crippen LogP contribution in [0.2, 0.25) is 0 Å². The Kier molecular flexibility index (Phi) is 18.2. The van der Waals surface area contributed by atoms with Crippen LogP contribution in [-0.4, -0.2) is 28.2 Å². The van der Waals surface area contributed by atoms with Gasteiger partial charge in [0.2, 0.25) is 0 Å². The topological polar surface area (TPSA) is 20.2 Å². The number of unbranched alkanes of at least 4 members (excludes halogenated alkanes) is 1. The summed E-state index contributed by atoms with van der Waals surface area (Å²) in [5.41, 5.74) is 0. The fourth-order valence-corrected chi connectivity index (χ4v) is 0.452. The minimum atomic E-state index is -0.576. The molecular formula is C10H15ClFMgO+. The van der Waals surface area contributed by atoms with E-state index in [2.05, 4.69) is 13.8 Å². The average Bonchev–Trinajstić information content (AvgIpc) is 2.11.